The summed E-state index contributed by atoms with van der Waals surface area (Å²) in [5.41, 5.74) is 1.47. The zero-order valence-corrected chi connectivity index (χ0v) is 12.7. The van der Waals surface area contributed by atoms with Crippen molar-refractivity contribution in [3.63, 3.8) is 0 Å². The Morgan fingerprint density at radius 1 is 1.20 bits per heavy atom. The molecule has 0 heterocycles. The molecule has 0 amide bonds. The Balaban J connectivity index is 2.06. The summed E-state index contributed by atoms with van der Waals surface area (Å²) >= 11 is 3.39. The average molecular weight is 339 g/mol. The summed E-state index contributed by atoms with van der Waals surface area (Å²) in [6, 6.07) is 12.7. The molecule has 0 radical (unpaired) electrons. The first kappa shape index (κ1) is 15.0. The Morgan fingerprint density at radius 3 is 2.65 bits per heavy atom. The minimum absolute atomic E-state index is 0.206. The summed E-state index contributed by atoms with van der Waals surface area (Å²) < 4.78 is 19.9. The number of aliphatic hydroxyl groups is 1. The van der Waals surface area contributed by atoms with Crippen LogP contribution in [-0.2, 0) is 12.8 Å². The van der Waals surface area contributed by atoms with Crippen molar-refractivity contribution in [3.05, 3.63) is 63.9 Å². The number of rotatable bonds is 5. The Bertz CT molecular complexity index is 586. The first-order chi connectivity index (χ1) is 9.60. The summed E-state index contributed by atoms with van der Waals surface area (Å²) in [4.78, 5) is 0. The van der Waals surface area contributed by atoms with Crippen molar-refractivity contribution in [3.8, 4) is 5.75 Å². The van der Waals surface area contributed by atoms with E-state index in [2.05, 4.69) is 15.9 Å². The molecule has 0 aliphatic rings. The highest BCUT2D eigenvalue weighted by Crippen LogP contribution is 2.22. The summed E-state index contributed by atoms with van der Waals surface area (Å²) in [5.74, 6) is -0.194. The molecule has 0 fully saturated rings. The number of benzene rings is 2. The van der Waals surface area contributed by atoms with Crippen molar-refractivity contribution in [2.24, 2.45) is 0 Å². The predicted molar refractivity (Wildman–Crippen MR) is 80.5 cm³/mol. The van der Waals surface area contributed by atoms with Gasteiger partial charge in [-0.2, -0.15) is 0 Å². The lowest BCUT2D eigenvalue weighted by Crippen LogP contribution is -2.15. The zero-order valence-electron chi connectivity index (χ0n) is 11.1. The zero-order chi connectivity index (χ0) is 14.5. The Labute approximate surface area is 126 Å². The van der Waals surface area contributed by atoms with Crippen molar-refractivity contribution < 1.29 is 14.2 Å². The molecule has 2 nitrogen and oxygen atoms in total. The molecule has 1 N–H and O–H groups in total. The highest BCUT2D eigenvalue weighted by atomic mass is 79.9. The van der Waals surface area contributed by atoms with Crippen LogP contribution in [0.5, 0.6) is 5.75 Å². The van der Waals surface area contributed by atoms with Gasteiger partial charge in [-0.15, -0.1) is 0 Å². The quantitative estimate of drug-likeness (QED) is 0.899. The predicted octanol–water partition coefficient (Wildman–Crippen LogP) is 3.74. The number of aliphatic hydroxyl groups excluding tert-OH is 1. The van der Waals surface area contributed by atoms with Crippen molar-refractivity contribution >= 4 is 15.9 Å². The second-order valence-electron chi connectivity index (χ2n) is 4.63. The number of methoxy groups -OCH3 is 1. The molecule has 20 heavy (non-hydrogen) atoms. The molecule has 0 aliphatic carbocycles. The number of halogens is 2. The van der Waals surface area contributed by atoms with E-state index in [9.17, 15) is 9.50 Å². The Morgan fingerprint density at radius 2 is 1.95 bits per heavy atom. The van der Waals surface area contributed by atoms with Gasteiger partial charge in [0.15, 0.2) is 11.6 Å². The fourth-order valence-electron chi connectivity index (χ4n) is 2.13. The minimum Gasteiger partial charge on any atom is -0.494 e. The van der Waals surface area contributed by atoms with Gasteiger partial charge in [-0.25, -0.2) is 4.39 Å². The monoisotopic (exact) mass is 338 g/mol. The maximum atomic E-state index is 14.0. The second kappa shape index (κ2) is 6.86. The van der Waals surface area contributed by atoms with Crippen molar-refractivity contribution in [1.29, 1.82) is 0 Å². The molecular formula is C16H16BrFO2. The Kier molecular flexibility index (Phi) is 5.15. The third-order valence-corrected chi connectivity index (χ3v) is 3.57. The Hall–Kier alpha value is -1.39. The summed E-state index contributed by atoms with van der Waals surface area (Å²) in [6.45, 7) is 0. The maximum Gasteiger partial charge on any atom is 0.168 e. The van der Waals surface area contributed by atoms with Gasteiger partial charge in [-0.3, -0.25) is 0 Å². The maximum absolute atomic E-state index is 14.0. The normalized spacial score (nSPS) is 12.2. The highest BCUT2D eigenvalue weighted by Gasteiger charge is 2.13. The lowest BCUT2D eigenvalue weighted by molar-refractivity contribution is 0.174. The van der Waals surface area contributed by atoms with Gasteiger partial charge in [0.2, 0.25) is 0 Å². The van der Waals surface area contributed by atoms with Gasteiger partial charge in [0.25, 0.3) is 0 Å². The van der Waals surface area contributed by atoms with Crippen molar-refractivity contribution in [2.45, 2.75) is 18.9 Å². The van der Waals surface area contributed by atoms with Crippen LogP contribution >= 0.6 is 15.9 Å². The molecule has 0 aromatic heterocycles. The first-order valence-electron chi connectivity index (χ1n) is 6.34. The average Bonchev–Trinajstić information content (AvgIpc) is 2.41. The van der Waals surface area contributed by atoms with E-state index in [1.165, 1.54) is 7.11 Å². The van der Waals surface area contributed by atoms with Gasteiger partial charge in [-0.1, -0.05) is 40.2 Å². The topological polar surface area (TPSA) is 29.5 Å². The van der Waals surface area contributed by atoms with E-state index < -0.39 is 11.9 Å². The van der Waals surface area contributed by atoms with Crippen LogP contribution < -0.4 is 4.74 Å². The van der Waals surface area contributed by atoms with Crippen LogP contribution in [-0.4, -0.2) is 18.3 Å². The van der Waals surface area contributed by atoms with Crippen LogP contribution in [0.3, 0.4) is 0 Å². The lowest BCUT2D eigenvalue weighted by Gasteiger charge is -2.13. The lowest BCUT2D eigenvalue weighted by atomic mass is 10.0. The van der Waals surface area contributed by atoms with E-state index in [0.717, 1.165) is 10.0 Å². The smallest absolute Gasteiger partial charge is 0.168 e. The molecule has 0 spiro atoms. The van der Waals surface area contributed by atoms with Crippen LogP contribution in [0.25, 0.3) is 0 Å². The van der Waals surface area contributed by atoms with E-state index in [0.29, 0.717) is 12.0 Å². The minimum atomic E-state index is -0.633. The second-order valence-corrected chi connectivity index (χ2v) is 5.54. The molecule has 0 bridgehead atoms. The number of ether oxygens (including phenoxy) is 1. The standard InChI is InChI=1S/C16H16BrFO2/c1-20-15-7-3-5-12(16(15)18)10-14(19)9-11-4-2-6-13(17)8-11/h2-8,14,19H,9-10H2,1H3. The van der Waals surface area contributed by atoms with Crippen LogP contribution in [0.1, 0.15) is 11.1 Å². The van der Waals surface area contributed by atoms with E-state index in [4.69, 9.17) is 4.74 Å². The summed E-state index contributed by atoms with van der Waals surface area (Å²) in [5, 5.41) is 10.1. The van der Waals surface area contributed by atoms with E-state index in [-0.39, 0.29) is 12.2 Å². The number of hydrogen-bond acceptors (Lipinski definition) is 2. The third-order valence-electron chi connectivity index (χ3n) is 3.08. The van der Waals surface area contributed by atoms with Gasteiger partial charge in [0, 0.05) is 10.9 Å². The van der Waals surface area contributed by atoms with Crippen LogP contribution in [0.4, 0.5) is 4.39 Å². The molecule has 2 aromatic rings. The van der Waals surface area contributed by atoms with Gasteiger partial charge in [-0.05, 0) is 35.7 Å². The molecule has 2 rings (SSSR count). The van der Waals surface area contributed by atoms with Crippen LogP contribution in [0.2, 0.25) is 0 Å². The van der Waals surface area contributed by atoms with Crippen LogP contribution in [0, 0.1) is 5.82 Å². The van der Waals surface area contributed by atoms with Gasteiger partial charge >= 0.3 is 0 Å². The molecule has 4 heteroatoms. The summed E-state index contributed by atoms with van der Waals surface area (Å²) in [6.07, 6.45) is 0.108. The largest absolute Gasteiger partial charge is 0.494 e. The fraction of sp³-hybridized carbons (Fsp3) is 0.250. The first-order valence-corrected chi connectivity index (χ1v) is 7.13. The molecule has 0 saturated heterocycles. The molecule has 2 aromatic carbocycles. The van der Waals surface area contributed by atoms with Gasteiger partial charge in [0.1, 0.15) is 0 Å². The van der Waals surface area contributed by atoms with Gasteiger partial charge in [0.05, 0.1) is 13.2 Å². The number of hydrogen-bond donors (Lipinski definition) is 1. The summed E-state index contributed by atoms with van der Waals surface area (Å²) in [7, 11) is 1.43. The molecular weight excluding hydrogens is 323 g/mol. The van der Waals surface area contributed by atoms with Gasteiger partial charge < -0.3 is 9.84 Å². The molecule has 106 valence electrons. The highest BCUT2D eigenvalue weighted by molar-refractivity contribution is 9.10. The fourth-order valence-corrected chi connectivity index (χ4v) is 2.58. The third kappa shape index (κ3) is 3.81. The molecule has 0 aliphatic heterocycles. The molecule has 1 unspecified atom stereocenters. The molecule has 0 saturated carbocycles. The van der Waals surface area contributed by atoms with E-state index >= 15 is 0 Å². The van der Waals surface area contributed by atoms with Crippen LogP contribution in [0.15, 0.2) is 46.9 Å². The van der Waals surface area contributed by atoms with Crippen molar-refractivity contribution in [1.82, 2.24) is 0 Å². The van der Waals surface area contributed by atoms with E-state index in [1.54, 1.807) is 18.2 Å². The SMILES string of the molecule is COc1cccc(CC(O)Cc2cccc(Br)c2)c1F. The molecule has 1 atom stereocenters. The van der Waals surface area contributed by atoms with Crippen molar-refractivity contribution in [2.75, 3.05) is 7.11 Å². The van der Waals surface area contributed by atoms with E-state index in [1.807, 2.05) is 24.3 Å².